The van der Waals surface area contributed by atoms with Crippen LogP contribution in [0.1, 0.15) is 17.5 Å². The number of hydrogen-bond acceptors (Lipinski definition) is 7. The van der Waals surface area contributed by atoms with E-state index >= 15 is 0 Å². The number of fused-ring (bicyclic) bond motifs is 1. The maximum absolute atomic E-state index is 12.9. The van der Waals surface area contributed by atoms with Crippen molar-refractivity contribution < 1.29 is 34.2 Å². The van der Waals surface area contributed by atoms with E-state index in [1.54, 1.807) is 6.08 Å². The minimum absolute atomic E-state index is 0.00883. The van der Waals surface area contributed by atoms with Crippen molar-refractivity contribution in [2.75, 3.05) is 51.4 Å². The summed E-state index contributed by atoms with van der Waals surface area (Å²) in [5, 5.41) is 30.8. The first-order chi connectivity index (χ1) is 17.6. The monoisotopic (exact) mass is 550 g/mol. The van der Waals surface area contributed by atoms with E-state index in [9.17, 15) is 24.6 Å². The number of allylic oxidation sites excluding steroid dienone is 1. The molecule has 1 saturated heterocycles. The Bertz CT molecular complexity index is 1070. The highest BCUT2D eigenvalue weighted by atomic mass is 32.2. The van der Waals surface area contributed by atoms with E-state index in [1.807, 2.05) is 39.1 Å². The van der Waals surface area contributed by atoms with Crippen molar-refractivity contribution in [3.8, 4) is 0 Å². The zero-order chi connectivity index (χ0) is 27.2. The van der Waals surface area contributed by atoms with Crippen LogP contribution in [0.3, 0.4) is 0 Å². The minimum Gasteiger partial charge on any atom is -0.477 e. The third kappa shape index (κ3) is 7.38. The van der Waals surface area contributed by atoms with Gasteiger partial charge in [-0.1, -0.05) is 12.1 Å². The number of carbonyl (C=O) groups excluding carboxylic acids is 2. The lowest BCUT2D eigenvalue weighted by atomic mass is 10.0. The van der Waals surface area contributed by atoms with Gasteiger partial charge in [-0.15, -0.1) is 23.5 Å². The van der Waals surface area contributed by atoms with Gasteiger partial charge in [-0.25, -0.2) is 4.79 Å². The van der Waals surface area contributed by atoms with Crippen LogP contribution in [0.4, 0.5) is 0 Å². The van der Waals surface area contributed by atoms with Crippen molar-refractivity contribution in [2.45, 2.75) is 36.6 Å². The molecule has 1 unspecified atom stereocenters. The Hall–Kier alpha value is -2.31. The van der Waals surface area contributed by atoms with Gasteiger partial charge in [0, 0.05) is 23.7 Å². The topological polar surface area (TPSA) is 127 Å². The highest BCUT2D eigenvalue weighted by Crippen LogP contribution is 2.40. The number of aliphatic carboxylic acids is 1. The van der Waals surface area contributed by atoms with Gasteiger partial charge in [-0.3, -0.25) is 14.5 Å². The van der Waals surface area contributed by atoms with Gasteiger partial charge in [0.2, 0.25) is 5.91 Å². The van der Waals surface area contributed by atoms with Crippen LogP contribution >= 0.6 is 23.5 Å². The van der Waals surface area contributed by atoms with E-state index in [4.69, 9.17) is 5.11 Å². The maximum Gasteiger partial charge on any atom is 0.352 e. The van der Waals surface area contributed by atoms with E-state index in [0.717, 1.165) is 16.0 Å². The second kappa shape index (κ2) is 13.0. The number of likely N-dealkylation sites (N-methyl/N-ethyl adjacent to an activating group) is 1. The molecule has 2 heterocycles. The molecule has 202 valence electrons. The van der Waals surface area contributed by atoms with Gasteiger partial charge in [0.15, 0.2) is 0 Å². The largest absolute Gasteiger partial charge is 0.477 e. The third-order valence-corrected chi connectivity index (χ3v) is 8.72. The number of quaternary nitrogens is 1. The molecule has 37 heavy (non-hydrogen) atoms. The van der Waals surface area contributed by atoms with Crippen molar-refractivity contribution in [1.82, 2.24) is 10.2 Å². The lowest BCUT2D eigenvalue weighted by Crippen LogP contribution is -2.70. The number of carbonyl (C=O) groups is 3. The van der Waals surface area contributed by atoms with Crippen LogP contribution < -0.4 is 5.32 Å². The fraction of sp³-hybridized carbons (Fsp3) is 0.500. The predicted octanol–water partition coefficient (Wildman–Crippen LogP) is 1.51. The SMILES string of the molecule is Cc1cc(C)cc(SCC(=O)N[C@@H]2C(=O)N3C(C(=O)O)=C(C=CC[N+](C)(CCO)CCCO)CS[C@H]23)c1. The normalized spacial score (nSPS) is 21.0. The molecule has 0 bridgehead atoms. The van der Waals surface area contributed by atoms with Crippen molar-refractivity contribution in [3.05, 3.63) is 52.7 Å². The molecule has 9 nitrogen and oxygen atoms in total. The lowest BCUT2D eigenvalue weighted by molar-refractivity contribution is -0.904. The zero-order valence-corrected chi connectivity index (χ0v) is 23.1. The molecule has 1 aromatic rings. The van der Waals surface area contributed by atoms with Crippen molar-refractivity contribution >= 4 is 41.3 Å². The number of amides is 2. The van der Waals surface area contributed by atoms with Gasteiger partial charge in [0.1, 0.15) is 23.7 Å². The van der Waals surface area contributed by atoms with Crippen LogP contribution in [0.5, 0.6) is 0 Å². The molecule has 3 atom stereocenters. The standard InChI is InChI=1S/C26H35N3O6S2/c1-17-12-18(2)14-20(13-17)36-16-21(32)27-22-24(33)28-23(26(34)35)19(15-37-25(22)28)6-4-7-29(3,9-11-31)8-5-10-30/h4,6,12-14,22,25,30-31H,5,7-11,15-16H2,1-3H3,(H-,27,32,34,35)/p+1/t22-,25-,29?/m1/s1. The molecule has 4 N–H and O–H groups in total. The Morgan fingerprint density at radius 1 is 1.19 bits per heavy atom. The van der Waals surface area contributed by atoms with Crippen molar-refractivity contribution in [1.29, 1.82) is 0 Å². The molecule has 1 fully saturated rings. The quantitative estimate of drug-likeness (QED) is 0.165. The van der Waals surface area contributed by atoms with Gasteiger partial charge in [-0.05, 0) is 48.8 Å². The van der Waals surface area contributed by atoms with E-state index in [0.29, 0.717) is 41.9 Å². The average Bonchev–Trinajstić information content (AvgIpc) is 2.84. The molecular weight excluding hydrogens is 514 g/mol. The van der Waals surface area contributed by atoms with Crippen LogP contribution in [0.15, 0.2) is 46.5 Å². The molecule has 3 rings (SSSR count). The van der Waals surface area contributed by atoms with Crippen molar-refractivity contribution in [3.63, 3.8) is 0 Å². The molecule has 0 radical (unpaired) electrons. The minimum atomic E-state index is -1.18. The summed E-state index contributed by atoms with van der Waals surface area (Å²) in [6, 6.07) is 5.33. The van der Waals surface area contributed by atoms with Gasteiger partial charge in [0.25, 0.3) is 5.91 Å². The molecule has 0 saturated carbocycles. The number of aliphatic hydroxyl groups excluding tert-OH is 2. The second-order valence-corrected chi connectivity index (χ2v) is 11.9. The average molecular weight is 551 g/mol. The number of rotatable bonds is 13. The maximum atomic E-state index is 12.9. The van der Waals surface area contributed by atoms with Gasteiger partial charge < -0.3 is 25.1 Å². The number of aliphatic hydroxyl groups is 2. The van der Waals surface area contributed by atoms with Crippen LogP contribution in [0.2, 0.25) is 0 Å². The van der Waals surface area contributed by atoms with Crippen LogP contribution in [0, 0.1) is 13.8 Å². The number of nitrogens with zero attached hydrogens (tertiary/aromatic N) is 2. The first-order valence-electron chi connectivity index (χ1n) is 12.2. The number of carboxylic acids is 1. The molecule has 2 aliphatic heterocycles. The van der Waals surface area contributed by atoms with Crippen LogP contribution in [0.25, 0.3) is 0 Å². The summed E-state index contributed by atoms with van der Waals surface area (Å²) < 4.78 is 0.510. The van der Waals surface area contributed by atoms with E-state index in [-0.39, 0.29) is 30.6 Å². The second-order valence-electron chi connectivity index (χ2n) is 9.70. The number of benzene rings is 1. The van der Waals surface area contributed by atoms with E-state index in [2.05, 4.69) is 11.4 Å². The summed E-state index contributed by atoms with van der Waals surface area (Å²) in [6.45, 7) is 5.82. The molecule has 0 aromatic heterocycles. The Labute approximate surface area is 226 Å². The number of thioether (sulfide) groups is 2. The Kier molecular flexibility index (Phi) is 10.3. The van der Waals surface area contributed by atoms with Gasteiger partial charge in [0.05, 0.1) is 32.5 Å². The first kappa shape index (κ1) is 29.2. The molecule has 0 spiro atoms. The molecule has 2 amide bonds. The predicted molar refractivity (Wildman–Crippen MR) is 145 cm³/mol. The number of β-lactam (4-membered cyclic amide) rings is 1. The highest BCUT2D eigenvalue weighted by molar-refractivity contribution is 8.00. The fourth-order valence-corrected chi connectivity index (χ4v) is 6.83. The van der Waals surface area contributed by atoms with E-state index < -0.39 is 23.3 Å². The summed E-state index contributed by atoms with van der Waals surface area (Å²) in [5.74, 6) is -1.30. The molecule has 2 aliphatic rings. The summed E-state index contributed by atoms with van der Waals surface area (Å²) in [7, 11) is 1.97. The van der Waals surface area contributed by atoms with Gasteiger partial charge in [-0.2, -0.15) is 0 Å². The fourth-order valence-electron chi connectivity index (χ4n) is 4.59. The molecule has 11 heteroatoms. The number of carboxylic acid groups (broad SMARTS) is 1. The van der Waals surface area contributed by atoms with Crippen LogP contribution in [-0.4, -0.2) is 105 Å². The number of aryl methyl sites for hydroxylation is 2. The van der Waals surface area contributed by atoms with Crippen molar-refractivity contribution in [2.24, 2.45) is 0 Å². The Morgan fingerprint density at radius 3 is 2.51 bits per heavy atom. The molecular formula is C26H36N3O6S2+. The van der Waals surface area contributed by atoms with E-state index in [1.165, 1.54) is 28.4 Å². The Morgan fingerprint density at radius 2 is 1.89 bits per heavy atom. The molecule has 1 aromatic carbocycles. The zero-order valence-electron chi connectivity index (χ0n) is 21.5. The lowest BCUT2D eigenvalue weighted by Gasteiger charge is -2.49. The first-order valence-corrected chi connectivity index (χ1v) is 14.3. The number of hydrogen-bond donors (Lipinski definition) is 4. The summed E-state index contributed by atoms with van der Waals surface area (Å²) in [6.07, 6.45) is 4.20. The molecule has 0 aliphatic carbocycles. The van der Waals surface area contributed by atoms with Gasteiger partial charge >= 0.3 is 5.97 Å². The number of nitrogens with one attached hydrogen (secondary N) is 1. The highest BCUT2D eigenvalue weighted by Gasteiger charge is 2.53. The Balaban J connectivity index is 1.64. The summed E-state index contributed by atoms with van der Waals surface area (Å²) >= 11 is 2.83. The third-order valence-electron chi connectivity index (χ3n) is 6.44. The van der Waals surface area contributed by atoms with Crippen LogP contribution in [-0.2, 0) is 14.4 Å². The summed E-state index contributed by atoms with van der Waals surface area (Å²) in [5.41, 5.74) is 2.72. The summed E-state index contributed by atoms with van der Waals surface area (Å²) in [4.78, 5) is 39.8. The smallest absolute Gasteiger partial charge is 0.352 e.